The lowest BCUT2D eigenvalue weighted by Gasteiger charge is -2.29. The molecule has 1 fully saturated rings. The van der Waals surface area contributed by atoms with Crippen LogP contribution in [0.15, 0.2) is 0 Å². The number of nitrogens with one attached hydrogen (secondary N) is 1. The van der Waals surface area contributed by atoms with Crippen molar-refractivity contribution < 1.29 is 23.9 Å². The Morgan fingerprint density at radius 1 is 1.32 bits per heavy atom. The SMILES string of the molecule is COC(=O)C(C)N1CCCCC(NC(=O)OC(C)(C)C)C1=O. The molecule has 0 aromatic carbocycles. The molecule has 7 heteroatoms. The van der Waals surface area contributed by atoms with Crippen LogP contribution in [-0.2, 0) is 19.1 Å². The quantitative estimate of drug-likeness (QED) is 0.797. The van der Waals surface area contributed by atoms with Crippen LogP contribution in [0.4, 0.5) is 4.79 Å². The maximum absolute atomic E-state index is 12.6. The zero-order valence-corrected chi connectivity index (χ0v) is 14.0. The third-order valence-electron chi connectivity index (χ3n) is 3.42. The lowest BCUT2D eigenvalue weighted by Crippen LogP contribution is -2.52. The van der Waals surface area contributed by atoms with Crippen molar-refractivity contribution in [2.75, 3.05) is 13.7 Å². The number of ether oxygens (including phenoxy) is 2. The lowest BCUT2D eigenvalue weighted by molar-refractivity contribution is -0.152. The molecule has 0 saturated carbocycles. The van der Waals surface area contributed by atoms with E-state index >= 15 is 0 Å². The highest BCUT2D eigenvalue weighted by Crippen LogP contribution is 2.16. The number of likely N-dealkylation sites (tertiary alicyclic amines) is 1. The second kappa shape index (κ2) is 7.47. The predicted octanol–water partition coefficient (Wildman–Crippen LogP) is 1.45. The van der Waals surface area contributed by atoms with E-state index in [9.17, 15) is 14.4 Å². The summed E-state index contributed by atoms with van der Waals surface area (Å²) in [6.45, 7) is 7.37. The summed E-state index contributed by atoms with van der Waals surface area (Å²) in [4.78, 5) is 37.5. The van der Waals surface area contributed by atoms with Gasteiger partial charge in [-0.25, -0.2) is 9.59 Å². The van der Waals surface area contributed by atoms with Gasteiger partial charge in [0, 0.05) is 6.54 Å². The molecule has 1 aliphatic heterocycles. The van der Waals surface area contributed by atoms with E-state index in [-0.39, 0.29) is 5.91 Å². The molecule has 0 spiro atoms. The Bertz CT molecular complexity index is 430. The summed E-state index contributed by atoms with van der Waals surface area (Å²) in [6, 6.07) is -1.34. The van der Waals surface area contributed by atoms with E-state index < -0.39 is 29.7 Å². The highest BCUT2D eigenvalue weighted by atomic mass is 16.6. The van der Waals surface area contributed by atoms with Gasteiger partial charge in [0.05, 0.1) is 7.11 Å². The number of carbonyl (C=O) groups is 3. The molecule has 2 unspecified atom stereocenters. The van der Waals surface area contributed by atoms with Gasteiger partial charge in [-0.15, -0.1) is 0 Å². The minimum absolute atomic E-state index is 0.277. The van der Waals surface area contributed by atoms with Gasteiger partial charge in [-0.2, -0.15) is 0 Å². The Morgan fingerprint density at radius 2 is 1.95 bits per heavy atom. The smallest absolute Gasteiger partial charge is 0.408 e. The molecule has 0 aromatic heterocycles. The molecule has 1 N–H and O–H groups in total. The van der Waals surface area contributed by atoms with Crippen molar-refractivity contribution in [2.45, 2.75) is 64.6 Å². The number of rotatable bonds is 3. The average molecular weight is 314 g/mol. The fourth-order valence-corrected chi connectivity index (χ4v) is 2.33. The van der Waals surface area contributed by atoms with Gasteiger partial charge in [-0.1, -0.05) is 0 Å². The molecule has 7 nitrogen and oxygen atoms in total. The number of hydrogen-bond acceptors (Lipinski definition) is 5. The van der Waals surface area contributed by atoms with Crippen LogP contribution >= 0.6 is 0 Å². The van der Waals surface area contributed by atoms with Gasteiger partial charge < -0.3 is 19.7 Å². The second-order valence-electron chi connectivity index (χ2n) is 6.43. The molecule has 2 atom stereocenters. The van der Waals surface area contributed by atoms with Gasteiger partial charge in [-0.05, 0) is 47.0 Å². The Kier molecular flexibility index (Phi) is 6.20. The monoisotopic (exact) mass is 314 g/mol. The Balaban J connectivity index is 2.76. The first-order valence-corrected chi connectivity index (χ1v) is 7.53. The summed E-state index contributed by atoms with van der Waals surface area (Å²) < 4.78 is 9.87. The molecular formula is C15H26N2O5. The minimum atomic E-state index is -0.676. The first-order valence-electron chi connectivity index (χ1n) is 7.53. The van der Waals surface area contributed by atoms with Crippen LogP contribution in [0.5, 0.6) is 0 Å². The van der Waals surface area contributed by atoms with Gasteiger partial charge in [0.15, 0.2) is 0 Å². The fourth-order valence-electron chi connectivity index (χ4n) is 2.33. The molecule has 1 aliphatic rings. The number of hydrogen-bond donors (Lipinski definition) is 1. The van der Waals surface area contributed by atoms with E-state index in [0.29, 0.717) is 13.0 Å². The minimum Gasteiger partial charge on any atom is -0.467 e. The molecule has 1 rings (SSSR count). The normalized spacial score (nSPS) is 20.9. The largest absolute Gasteiger partial charge is 0.467 e. The Morgan fingerprint density at radius 3 is 2.50 bits per heavy atom. The van der Waals surface area contributed by atoms with Gasteiger partial charge in [0.1, 0.15) is 17.7 Å². The third kappa shape index (κ3) is 5.20. The second-order valence-corrected chi connectivity index (χ2v) is 6.43. The van der Waals surface area contributed by atoms with E-state index in [1.165, 1.54) is 12.0 Å². The van der Waals surface area contributed by atoms with Crippen molar-refractivity contribution in [3.05, 3.63) is 0 Å². The molecule has 126 valence electrons. The summed E-state index contributed by atoms with van der Waals surface area (Å²) in [5.74, 6) is -0.743. The summed E-state index contributed by atoms with van der Waals surface area (Å²) in [5, 5.41) is 2.60. The lowest BCUT2D eigenvalue weighted by atomic mass is 10.1. The van der Waals surface area contributed by atoms with Crippen LogP contribution in [-0.4, -0.2) is 54.2 Å². The highest BCUT2D eigenvalue weighted by Gasteiger charge is 2.34. The molecular weight excluding hydrogens is 288 g/mol. The molecule has 22 heavy (non-hydrogen) atoms. The van der Waals surface area contributed by atoms with Gasteiger partial charge in [0.25, 0.3) is 0 Å². The van der Waals surface area contributed by atoms with Crippen LogP contribution in [0.25, 0.3) is 0 Å². The zero-order chi connectivity index (χ0) is 16.9. The number of methoxy groups -OCH3 is 1. The average Bonchev–Trinajstić information content (AvgIpc) is 2.58. The first-order chi connectivity index (χ1) is 10.2. The summed E-state index contributed by atoms with van der Waals surface area (Å²) >= 11 is 0. The summed E-state index contributed by atoms with van der Waals surface area (Å²) in [7, 11) is 1.29. The standard InChI is InChI=1S/C15H26N2O5/c1-10(13(19)21-5)17-9-7-6-8-11(12(17)18)16-14(20)22-15(2,3)4/h10-11H,6-9H2,1-5H3,(H,16,20). The van der Waals surface area contributed by atoms with Crippen molar-refractivity contribution in [2.24, 2.45) is 0 Å². The van der Waals surface area contributed by atoms with E-state index in [2.05, 4.69) is 5.32 Å². The molecule has 0 aromatic rings. The third-order valence-corrected chi connectivity index (χ3v) is 3.42. The summed E-state index contributed by atoms with van der Waals surface area (Å²) in [5.41, 5.74) is -0.628. The van der Waals surface area contributed by atoms with Crippen LogP contribution in [0.1, 0.15) is 47.0 Å². The number of alkyl carbamates (subject to hydrolysis) is 1. The van der Waals surface area contributed by atoms with E-state index in [0.717, 1.165) is 12.8 Å². The van der Waals surface area contributed by atoms with E-state index in [1.807, 2.05) is 0 Å². The number of carbonyl (C=O) groups excluding carboxylic acids is 3. The number of amides is 2. The molecule has 1 saturated heterocycles. The number of nitrogens with zero attached hydrogens (tertiary/aromatic N) is 1. The van der Waals surface area contributed by atoms with Crippen molar-refractivity contribution in [1.82, 2.24) is 10.2 Å². The van der Waals surface area contributed by atoms with Crippen molar-refractivity contribution in [1.29, 1.82) is 0 Å². The van der Waals surface area contributed by atoms with Gasteiger partial charge >= 0.3 is 12.1 Å². The van der Waals surface area contributed by atoms with Crippen LogP contribution in [0.2, 0.25) is 0 Å². The van der Waals surface area contributed by atoms with Crippen molar-refractivity contribution in [3.8, 4) is 0 Å². The predicted molar refractivity (Wildman–Crippen MR) is 80.2 cm³/mol. The first kappa shape index (κ1) is 18.3. The Labute approximate surface area is 131 Å². The van der Waals surface area contributed by atoms with Crippen LogP contribution < -0.4 is 5.32 Å². The van der Waals surface area contributed by atoms with Crippen LogP contribution in [0, 0.1) is 0 Å². The fraction of sp³-hybridized carbons (Fsp3) is 0.800. The maximum Gasteiger partial charge on any atom is 0.408 e. The van der Waals surface area contributed by atoms with E-state index in [4.69, 9.17) is 9.47 Å². The van der Waals surface area contributed by atoms with Crippen molar-refractivity contribution in [3.63, 3.8) is 0 Å². The topological polar surface area (TPSA) is 84.9 Å². The zero-order valence-electron chi connectivity index (χ0n) is 14.0. The summed E-state index contributed by atoms with van der Waals surface area (Å²) in [6.07, 6.45) is 1.47. The molecule has 1 heterocycles. The molecule has 2 amide bonds. The van der Waals surface area contributed by atoms with Crippen LogP contribution in [0.3, 0.4) is 0 Å². The Hall–Kier alpha value is -1.79. The van der Waals surface area contributed by atoms with Gasteiger partial charge in [0.2, 0.25) is 5.91 Å². The highest BCUT2D eigenvalue weighted by molar-refractivity contribution is 5.89. The molecule has 0 aliphatic carbocycles. The molecule has 0 radical (unpaired) electrons. The van der Waals surface area contributed by atoms with Gasteiger partial charge in [-0.3, -0.25) is 4.79 Å². The number of esters is 1. The van der Waals surface area contributed by atoms with Crippen molar-refractivity contribution >= 4 is 18.0 Å². The molecule has 0 bridgehead atoms. The van der Waals surface area contributed by atoms with E-state index in [1.54, 1.807) is 27.7 Å². The maximum atomic E-state index is 12.6.